The number of nitrogens with zero attached hydrogens (tertiary/aromatic N) is 5. The van der Waals surface area contributed by atoms with Crippen molar-refractivity contribution in [1.29, 1.82) is 0 Å². The summed E-state index contributed by atoms with van der Waals surface area (Å²) in [7, 11) is 2.18. The SMILES string of the molecule is CCNC(=NCc1ccc(N2CCN(C)CC2)nc1)NC1CCN(C(C)C)CC1.I. The third kappa shape index (κ3) is 7.53. The van der Waals surface area contributed by atoms with Crippen molar-refractivity contribution in [3.63, 3.8) is 0 Å². The molecule has 2 aliphatic rings. The van der Waals surface area contributed by atoms with Crippen LogP contribution in [0, 0.1) is 0 Å². The highest BCUT2D eigenvalue weighted by molar-refractivity contribution is 14.0. The Bertz CT molecular complexity index is 633. The largest absolute Gasteiger partial charge is 0.357 e. The summed E-state index contributed by atoms with van der Waals surface area (Å²) in [5, 5.41) is 7.03. The predicted octanol–water partition coefficient (Wildman–Crippen LogP) is 2.38. The molecular weight excluding hydrogens is 489 g/mol. The van der Waals surface area contributed by atoms with Crippen LogP contribution in [0.3, 0.4) is 0 Å². The summed E-state index contributed by atoms with van der Waals surface area (Å²) in [6, 6.07) is 5.44. The number of piperidine rings is 1. The summed E-state index contributed by atoms with van der Waals surface area (Å²) >= 11 is 0. The van der Waals surface area contributed by atoms with E-state index in [1.165, 1.54) is 12.8 Å². The van der Waals surface area contributed by atoms with Crippen LogP contribution in [0.2, 0.25) is 0 Å². The summed E-state index contributed by atoms with van der Waals surface area (Å²) in [6.07, 6.45) is 4.32. The molecule has 1 aromatic rings. The minimum absolute atomic E-state index is 0. The van der Waals surface area contributed by atoms with Gasteiger partial charge in [-0.3, -0.25) is 0 Å². The van der Waals surface area contributed by atoms with E-state index in [0.29, 0.717) is 18.6 Å². The molecule has 0 radical (unpaired) electrons. The number of piperazine rings is 1. The lowest BCUT2D eigenvalue weighted by Crippen LogP contribution is -2.49. The number of nitrogens with one attached hydrogen (secondary N) is 2. The first-order valence-electron chi connectivity index (χ1n) is 11.2. The minimum atomic E-state index is 0. The summed E-state index contributed by atoms with van der Waals surface area (Å²) in [4.78, 5) is 16.8. The second-order valence-corrected chi connectivity index (χ2v) is 8.56. The fourth-order valence-corrected chi connectivity index (χ4v) is 3.98. The molecule has 0 bridgehead atoms. The van der Waals surface area contributed by atoms with Crippen molar-refractivity contribution in [2.75, 3.05) is 57.8 Å². The number of likely N-dealkylation sites (tertiary alicyclic amines) is 1. The van der Waals surface area contributed by atoms with Gasteiger partial charge in [-0.05, 0) is 52.3 Å². The van der Waals surface area contributed by atoms with Crippen LogP contribution in [0.4, 0.5) is 5.82 Å². The van der Waals surface area contributed by atoms with E-state index in [-0.39, 0.29) is 24.0 Å². The van der Waals surface area contributed by atoms with Crippen molar-refractivity contribution >= 4 is 35.8 Å². The second kappa shape index (κ2) is 12.7. The Morgan fingerprint density at radius 2 is 1.83 bits per heavy atom. The number of anilines is 1. The van der Waals surface area contributed by atoms with Crippen LogP contribution in [0.25, 0.3) is 0 Å². The molecule has 30 heavy (non-hydrogen) atoms. The van der Waals surface area contributed by atoms with Gasteiger partial charge < -0.3 is 25.3 Å². The highest BCUT2D eigenvalue weighted by atomic mass is 127. The smallest absolute Gasteiger partial charge is 0.191 e. The van der Waals surface area contributed by atoms with E-state index < -0.39 is 0 Å². The molecule has 7 nitrogen and oxygen atoms in total. The van der Waals surface area contributed by atoms with Crippen LogP contribution >= 0.6 is 24.0 Å². The van der Waals surface area contributed by atoms with Crippen molar-refractivity contribution in [2.45, 2.75) is 52.2 Å². The highest BCUT2D eigenvalue weighted by Crippen LogP contribution is 2.15. The first-order valence-corrected chi connectivity index (χ1v) is 11.2. The van der Waals surface area contributed by atoms with E-state index in [2.05, 4.69) is 70.3 Å². The lowest BCUT2D eigenvalue weighted by Gasteiger charge is -2.35. The van der Waals surface area contributed by atoms with E-state index >= 15 is 0 Å². The van der Waals surface area contributed by atoms with Crippen LogP contribution < -0.4 is 15.5 Å². The summed E-state index contributed by atoms with van der Waals surface area (Å²) in [5.41, 5.74) is 1.15. The Hall–Kier alpha value is -1.13. The van der Waals surface area contributed by atoms with Gasteiger partial charge in [-0.25, -0.2) is 9.98 Å². The molecule has 2 saturated heterocycles. The van der Waals surface area contributed by atoms with E-state index in [1.54, 1.807) is 0 Å². The normalized spacial score (nSPS) is 19.6. The number of halogens is 1. The maximum atomic E-state index is 4.80. The first-order chi connectivity index (χ1) is 14.0. The molecule has 0 spiro atoms. The lowest BCUT2D eigenvalue weighted by molar-refractivity contribution is 0.167. The van der Waals surface area contributed by atoms with Crippen molar-refractivity contribution in [3.05, 3.63) is 23.9 Å². The van der Waals surface area contributed by atoms with Gasteiger partial charge in [0.25, 0.3) is 0 Å². The van der Waals surface area contributed by atoms with Gasteiger partial charge in [0.1, 0.15) is 5.82 Å². The van der Waals surface area contributed by atoms with Gasteiger partial charge in [0.15, 0.2) is 5.96 Å². The second-order valence-electron chi connectivity index (χ2n) is 8.56. The molecule has 3 rings (SSSR count). The van der Waals surface area contributed by atoms with Gasteiger partial charge >= 0.3 is 0 Å². The highest BCUT2D eigenvalue weighted by Gasteiger charge is 2.21. The molecule has 8 heteroatoms. The summed E-state index contributed by atoms with van der Waals surface area (Å²) in [5.74, 6) is 1.99. The Labute approximate surface area is 199 Å². The Morgan fingerprint density at radius 1 is 1.13 bits per heavy atom. The molecule has 2 aliphatic heterocycles. The van der Waals surface area contributed by atoms with E-state index in [1.807, 2.05) is 6.20 Å². The molecule has 2 N–H and O–H groups in total. The molecule has 0 unspecified atom stereocenters. The molecule has 2 fully saturated rings. The zero-order chi connectivity index (χ0) is 20.6. The number of likely N-dealkylation sites (N-methyl/N-ethyl adjacent to an activating group) is 1. The average Bonchev–Trinajstić information content (AvgIpc) is 2.73. The zero-order valence-electron chi connectivity index (χ0n) is 19.1. The van der Waals surface area contributed by atoms with E-state index in [9.17, 15) is 0 Å². The predicted molar refractivity (Wildman–Crippen MR) is 137 cm³/mol. The van der Waals surface area contributed by atoms with Crippen LogP contribution in [-0.2, 0) is 6.54 Å². The summed E-state index contributed by atoms with van der Waals surface area (Å²) in [6.45, 7) is 14.8. The van der Waals surface area contributed by atoms with Crippen LogP contribution in [0.1, 0.15) is 39.2 Å². The van der Waals surface area contributed by atoms with Gasteiger partial charge in [0.2, 0.25) is 0 Å². The van der Waals surface area contributed by atoms with Crippen LogP contribution in [0.15, 0.2) is 23.3 Å². The summed E-state index contributed by atoms with van der Waals surface area (Å²) < 4.78 is 0. The van der Waals surface area contributed by atoms with Gasteiger partial charge in [-0.15, -0.1) is 24.0 Å². The van der Waals surface area contributed by atoms with E-state index in [4.69, 9.17) is 4.99 Å². The molecule has 0 aromatic carbocycles. The number of guanidine groups is 1. The van der Waals surface area contributed by atoms with Gasteiger partial charge in [0, 0.05) is 64.1 Å². The lowest BCUT2D eigenvalue weighted by atomic mass is 10.0. The number of rotatable bonds is 6. The average molecular weight is 530 g/mol. The van der Waals surface area contributed by atoms with Gasteiger partial charge in [-0.1, -0.05) is 6.07 Å². The quantitative estimate of drug-likeness (QED) is 0.336. The molecule has 170 valence electrons. The molecule has 0 atom stereocenters. The number of pyridine rings is 1. The monoisotopic (exact) mass is 529 g/mol. The van der Waals surface area contributed by atoms with Crippen molar-refractivity contribution < 1.29 is 0 Å². The third-order valence-corrected chi connectivity index (χ3v) is 6.00. The Balaban J connectivity index is 0.00000320. The number of aromatic nitrogens is 1. The Kier molecular flexibility index (Phi) is 10.6. The first kappa shape index (κ1) is 25.1. The molecule has 0 saturated carbocycles. The number of aliphatic imine (C=N–C) groups is 1. The molecule has 0 aliphatic carbocycles. The fourth-order valence-electron chi connectivity index (χ4n) is 3.98. The van der Waals surface area contributed by atoms with Gasteiger partial charge in [0.05, 0.1) is 6.54 Å². The molecule has 1 aromatic heterocycles. The van der Waals surface area contributed by atoms with Crippen molar-refractivity contribution in [2.24, 2.45) is 4.99 Å². The maximum absolute atomic E-state index is 4.80. The minimum Gasteiger partial charge on any atom is -0.357 e. The van der Waals surface area contributed by atoms with Crippen LogP contribution in [0.5, 0.6) is 0 Å². The standard InChI is InChI=1S/C22H39N7.HI/c1-5-23-22(26-20-8-10-28(11-9-20)18(2)3)25-17-19-6-7-21(24-16-19)29-14-12-27(4)13-15-29;/h6-7,16,18,20H,5,8-15,17H2,1-4H3,(H2,23,25,26);1H. The topological polar surface area (TPSA) is 59.0 Å². The molecule has 3 heterocycles. The molecule has 0 amide bonds. The van der Waals surface area contributed by atoms with Crippen molar-refractivity contribution in [3.8, 4) is 0 Å². The van der Waals surface area contributed by atoms with Crippen LogP contribution in [-0.4, -0.2) is 85.7 Å². The van der Waals surface area contributed by atoms with Crippen molar-refractivity contribution in [1.82, 2.24) is 25.4 Å². The molecular formula is C22H40IN7. The number of hydrogen-bond acceptors (Lipinski definition) is 5. The van der Waals surface area contributed by atoms with E-state index in [0.717, 1.165) is 63.2 Å². The Morgan fingerprint density at radius 3 is 2.40 bits per heavy atom. The third-order valence-electron chi connectivity index (χ3n) is 6.00. The number of hydrogen-bond donors (Lipinski definition) is 2. The van der Waals surface area contributed by atoms with Gasteiger partial charge in [-0.2, -0.15) is 0 Å². The maximum Gasteiger partial charge on any atom is 0.191 e. The fraction of sp³-hybridized carbons (Fsp3) is 0.727. The zero-order valence-corrected chi connectivity index (χ0v) is 21.4.